The molecule has 0 aliphatic carbocycles. The predicted molar refractivity (Wildman–Crippen MR) is 110 cm³/mol. The summed E-state index contributed by atoms with van der Waals surface area (Å²) in [7, 11) is 0. The van der Waals surface area contributed by atoms with Crippen LogP contribution < -0.4 is 16.4 Å². The average molecular weight is 414 g/mol. The van der Waals surface area contributed by atoms with E-state index in [0.717, 1.165) is 10.5 Å². The summed E-state index contributed by atoms with van der Waals surface area (Å²) in [6.45, 7) is 0. The first kappa shape index (κ1) is 19.7. The van der Waals surface area contributed by atoms with E-state index in [2.05, 4.69) is 15.8 Å². The monoisotopic (exact) mass is 413 g/mol. The van der Waals surface area contributed by atoms with E-state index in [0.29, 0.717) is 10.7 Å². The minimum Gasteiger partial charge on any atom is -0.321 e. The molecular formula is C20H16ClN3O3S. The zero-order valence-corrected chi connectivity index (χ0v) is 16.1. The highest BCUT2D eigenvalue weighted by Gasteiger charge is 2.12. The number of hydrogen-bond donors (Lipinski definition) is 3. The molecule has 2 amide bonds. The Kier molecular flexibility index (Phi) is 6.52. The van der Waals surface area contributed by atoms with Crippen molar-refractivity contribution < 1.29 is 9.59 Å². The van der Waals surface area contributed by atoms with E-state index in [1.54, 1.807) is 30.3 Å². The van der Waals surface area contributed by atoms with Gasteiger partial charge in [-0.25, -0.2) is 0 Å². The third kappa shape index (κ3) is 5.25. The minimum absolute atomic E-state index is 0.0923. The summed E-state index contributed by atoms with van der Waals surface area (Å²) >= 11 is 7.11. The third-order valence-electron chi connectivity index (χ3n) is 3.74. The van der Waals surface area contributed by atoms with E-state index in [-0.39, 0.29) is 11.3 Å². The van der Waals surface area contributed by atoms with Gasteiger partial charge in [0, 0.05) is 15.6 Å². The smallest absolute Gasteiger partial charge is 0.275 e. The highest BCUT2D eigenvalue weighted by Crippen LogP contribution is 2.19. The second-order valence-electron chi connectivity index (χ2n) is 5.73. The fourth-order valence-corrected chi connectivity index (χ4v) is 3.17. The number of thioether (sulfide) groups is 1. The van der Waals surface area contributed by atoms with Crippen molar-refractivity contribution in [1.29, 1.82) is 0 Å². The normalized spacial score (nSPS) is 10.3. The van der Waals surface area contributed by atoms with Gasteiger partial charge in [0.05, 0.1) is 5.75 Å². The molecule has 3 aromatic rings. The predicted octanol–water partition coefficient (Wildman–Crippen LogP) is 3.25. The van der Waals surface area contributed by atoms with Gasteiger partial charge in [0.2, 0.25) is 5.91 Å². The van der Waals surface area contributed by atoms with Gasteiger partial charge in [0.15, 0.2) is 0 Å². The van der Waals surface area contributed by atoms with Crippen molar-refractivity contribution in [3.63, 3.8) is 0 Å². The Morgan fingerprint density at radius 1 is 0.929 bits per heavy atom. The number of aromatic nitrogens is 1. The summed E-state index contributed by atoms with van der Waals surface area (Å²) < 4.78 is 0. The molecule has 28 heavy (non-hydrogen) atoms. The minimum atomic E-state index is -0.689. The number of benzene rings is 2. The van der Waals surface area contributed by atoms with Gasteiger partial charge in [-0.05, 0) is 42.0 Å². The maximum absolute atomic E-state index is 12.2. The Hall–Kier alpha value is -3.03. The Balaban J connectivity index is 1.55. The average Bonchev–Trinajstić information content (AvgIpc) is 2.72. The summed E-state index contributed by atoms with van der Waals surface area (Å²) in [5, 5.41) is 0.615. The molecule has 0 saturated heterocycles. The molecule has 142 valence electrons. The van der Waals surface area contributed by atoms with Gasteiger partial charge >= 0.3 is 0 Å². The quantitative estimate of drug-likeness (QED) is 0.442. The van der Waals surface area contributed by atoms with Crippen molar-refractivity contribution >= 4 is 35.2 Å². The zero-order chi connectivity index (χ0) is 19.9. The second kappa shape index (κ2) is 9.25. The number of nitrogens with one attached hydrogen (secondary N) is 3. The molecule has 6 nitrogen and oxygen atoms in total. The maximum Gasteiger partial charge on any atom is 0.275 e. The molecule has 0 bridgehead atoms. The highest BCUT2D eigenvalue weighted by atomic mass is 35.5. The van der Waals surface area contributed by atoms with E-state index in [9.17, 15) is 14.4 Å². The molecular weight excluding hydrogens is 398 g/mol. The molecule has 0 unspecified atom stereocenters. The lowest BCUT2D eigenvalue weighted by Gasteiger charge is -2.08. The van der Waals surface area contributed by atoms with Gasteiger partial charge in [0.25, 0.3) is 11.5 Å². The lowest BCUT2D eigenvalue weighted by atomic mass is 10.1. The standard InChI is InChI=1S/C20H16ClN3O3S/c21-14-6-8-15(9-7-14)28-12-18(25)23-24-20(27)16-10-11-17(22-19(16)26)13-4-2-1-3-5-13/h1-11H,12H2,(H,22,26)(H,23,25)(H,24,27). The molecule has 1 heterocycles. The molecule has 3 rings (SSSR count). The topological polar surface area (TPSA) is 91.1 Å². The first-order valence-corrected chi connectivity index (χ1v) is 9.65. The van der Waals surface area contributed by atoms with E-state index < -0.39 is 17.4 Å². The fourth-order valence-electron chi connectivity index (χ4n) is 2.35. The maximum atomic E-state index is 12.2. The lowest BCUT2D eigenvalue weighted by Crippen LogP contribution is -2.44. The van der Waals surface area contributed by atoms with Crippen LogP contribution in [0.15, 0.2) is 76.4 Å². The first-order chi connectivity index (χ1) is 13.5. The number of rotatable bonds is 5. The van der Waals surface area contributed by atoms with E-state index in [1.165, 1.54) is 17.8 Å². The van der Waals surface area contributed by atoms with Crippen LogP contribution in [0.5, 0.6) is 0 Å². The molecule has 2 aromatic carbocycles. The van der Waals surface area contributed by atoms with Crippen LogP contribution >= 0.6 is 23.4 Å². The number of halogens is 1. The molecule has 0 aliphatic heterocycles. The summed E-state index contributed by atoms with van der Waals surface area (Å²) in [6, 6.07) is 19.4. The number of hydrogen-bond acceptors (Lipinski definition) is 4. The Bertz CT molecular complexity index is 1040. The zero-order valence-electron chi connectivity index (χ0n) is 14.6. The Morgan fingerprint density at radius 3 is 2.32 bits per heavy atom. The van der Waals surface area contributed by atoms with Crippen molar-refractivity contribution in [3.8, 4) is 11.3 Å². The molecule has 0 radical (unpaired) electrons. The largest absolute Gasteiger partial charge is 0.321 e. The summed E-state index contributed by atoms with van der Waals surface area (Å²) in [4.78, 5) is 39.8. The summed E-state index contributed by atoms with van der Waals surface area (Å²) in [6.07, 6.45) is 0. The summed E-state index contributed by atoms with van der Waals surface area (Å²) in [5.41, 5.74) is 5.35. The van der Waals surface area contributed by atoms with Gasteiger partial charge < -0.3 is 4.98 Å². The number of pyridine rings is 1. The van der Waals surface area contributed by atoms with Crippen LogP contribution in [0.3, 0.4) is 0 Å². The van der Waals surface area contributed by atoms with Crippen molar-refractivity contribution in [1.82, 2.24) is 15.8 Å². The van der Waals surface area contributed by atoms with E-state index in [1.807, 2.05) is 30.3 Å². The third-order valence-corrected chi connectivity index (χ3v) is 5.00. The number of amides is 2. The lowest BCUT2D eigenvalue weighted by molar-refractivity contribution is -0.119. The SMILES string of the molecule is O=C(CSc1ccc(Cl)cc1)NNC(=O)c1ccc(-c2ccccc2)[nH]c1=O. The molecule has 0 fully saturated rings. The highest BCUT2D eigenvalue weighted by molar-refractivity contribution is 8.00. The number of aromatic amines is 1. The first-order valence-electron chi connectivity index (χ1n) is 8.29. The van der Waals surface area contributed by atoms with Crippen LogP contribution in [0, 0.1) is 0 Å². The van der Waals surface area contributed by atoms with Crippen molar-refractivity contribution in [2.75, 3.05) is 5.75 Å². The van der Waals surface area contributed by atoms with Crippen LogP contribution in [-0.2, 0) is 4.79 Å². The van der Waals surface area contributed by atoms with Crippen LogP contribution in [0.25, 0.3) is 11.3 Å². The van der Waals surface area contributed by atoms with Gasteiger partial charge in [-0.3, -0.25) is 25.2 Å². The molecule has 0 aliphatic rings. The second-order valence-corrected chi connectivity index (χ2v) is 7.21. The van der Waals surface area contributed by atoms with Crippen molar-refractivity contribution in [2.24, 2.45) is 0 Å². The van der Waals surface area contributed by atoms with Gasteiger partial charge in [-0.1, -0.05) is 41.9 Å². The van der Waals surface area contributed by atoms with Crippen LogP contribution in [0.1, 0.15) is 10.4 Å². The van der Waals surface area contributed by atoms with Gasteiger partial charge in [-0.15, -0.1) is 11.8 Å². The van der Waals surface area contributed by atoms with Crippen LogP contribution in [0.4, 0.5) is 0 Å². The number of hydrazine groups is 1. The molecule has 0 spiro atoms. The van der Waals surface area contributed by atoms with Crippen molar-refractivity contribution in [2.45, 2.75) is 4.90 Å². The van der Waals surface area contributed by atoms with Crippen molar-refractivity contribution in [3.05, 3.63) is 87.7 Å². The molecule has 0 atom stereocenters. The van der Waals surface area contributed by atoms with E-state index >= 15 is 0 Å². The Morgan fingerprint density at radius 2 is 1.64 bits per heavy atom. The van der Waals surface area contributed by atoms with Gasteiger partial charge in [-0.2, -0.15) is 0 Å². The van der Waals surface area contributed by atoms with Crippen LogP contribution in [-0.4, -0.2) is 22.6 Å². The van der Waals surface area contributed by atoms with E-state index in [4.69, 9.17) is 11.6 Å². The molecule has 1 aromatic heterocycles. The number of carbonyl (C=O) groups is 2. The Labute approximate surface area is 170 Å². The molecule has 8 heteroatoms. The summed E-state index contributed by atoms with van der Waals surface area (Å²) in [5.74, 6) is -0.984. The molecule has 0 saturated carbocycles. The fraction of sp³-hybridized carbons (Fsp3) is 0.0500. The number of carbonyl (C=O) groups excluding carboxylic acids is 2. The van der Waals surface area contributed by atoms with Crippen LogP contribution in [0.2, 0.25) is 5.02 Å². The number of H-pyrrole nitrogens is 1. The molecule has 3 N–H and O–H groups in total. The van der Waals surface area contributed by atoms with Gasteiger partial charge in [0.1, 0.15) is 5.56 Å².